The number of sulfonamides is 1. The first-order valence-electron chi connectivity index (χ1n) is 18.6. The van der Waals surface area contributed by atoms with Gasteiger partial charge in [0.15, 0.2) is 10.8 Å². The number of phenolic OH excluding ortho intramolecular Hbond substituents is 1. The summed E-state index contributed by atoms with van der Waals surface area (Å²) < 4.78 is 45.9. The van der Waals surface area contributed by atoms with Crippen LogP contribution in [0.1, 0.15) is 25.0 Å². The van der Waals surface area contributed by atoms with E-state index in [4.69, 9.17) is 9.47 Å². The molecule has 0 spiro atoms. The molecule has 0 fully saturated rings. The van der Waals surface area contributed by atoms with Crippen LogP contribution in [0.25, 0.3) is 10.9 Å². The molecule has 1 aromatic heterocycles. The number of phenols is 1. The summed E-state index contributed by atoms with van der Waals surface area (Å²) in [4.78, 5) is 52.7. The SMILES string of the molecule is COc1ccc(C)cc1NC(=O)C(Oc1cccc(S(=O)(=O)Nc2ccc3c(N=Nc4cc(NC(C)=O)c(O)c(NC(C)=O)c4)snc3c2)c1)C(=O)N1CCc2ccccc21. The summed E-state index contributed by atoms with van der Waals surface area (Å²) >= 11 is 0.995. The van der Waals surface area contributed by atoms with E-state index in [0.717, 1.165) is 22.7 Å². The molecule has 6 aromatic rings. The zero-order valence-corrected chi connectivity index (χ0v) is 34.7. The predicted molar refractivity (Wildman–Crippen MR) is 231 cm³/mol. The molecular weight excluding hydrogens is 825 g/mol. The second-order valence-corrected chi connectivity index (χ2v) is 16.2. The highest BCUT2D eigenvalue weighted by Gasteiger charge is 2.37. The van der Waals surface area contributed by atoms with Crippen LogP contribution in [0.3, 0.4) is 0 Å². The predicted octanol–water partition coefficient (Wildman–Crippen LogP) is 7.43. The molecular formula is C42H38N8O9S2. The van der Waals surface area contributed by atoms with Crippen molar-refractivity contribution in [1.29, 1.82) is 0 Å². The summed E-state index contributed by atoms with van der Waals surface area (Å²) in [6.45, 7) is 4.69. The van der Waals surface area contributed by atoms with Crippen molar-refractivity contribution in [3.05, 3.63) is 108 Å². The van der Waals surface area contributed by atoms with Crippen molar-refractivity contribution in [1.82, 2.24) is 4.37 Å². The molecule has 2 heterocycles. The maximum absolute atomic E-state index is 14.1. The number of benzene rings is 5. The van der Waals surface area contributed by atoms with Gasteiger partial charge in [-0.2, -0.15) is 4.37 Å². The van der Waals surface area contributed by atoms with E-state index in [2.05, 4.69) is 35.3 Å². The standard InChI is InChI=1S/C42H38N8O9S2/c1-23-12-15-37(58-4)33(18-23)45-40(54)39(42(55)50-17-16-26-8-5-6-11-36(26)50)59-29-9-7-10-30(22-29)61(56,57)49-27-13-14-31-32(19-27)48-60-41(31)47-46-28-20-34(43-24(2)51)38(53)35(21-28)44-25(3)52/h5-15,18-22,39,49,53H,16-17H2,1-4H3,(H,43,51)(H,44,52)(H,45,54). The summed E-state index contributed by atoms with van der Waals surface area (Å²) in [6.07, 6.45) is -1.13. The summed E-state index contributed by atoms with van der Waals surface area (Å²) in [7, 11) is -2.80. The van der Waals surface area contributed by atoms with Gasteiger partial charge in [0.25, 0.3) is 27.9 Å². The molecule has 4 amide bonds. The van der Waals surface area contributed by atoms with E-state index < -0.39 is 39.8 Å². The fraction of sp³-hybridized carbons (Fsp3) is 0.167. The minimum atomic E-state index is -4.26. The fourth-order valence-corrected chi connectivity index (χ4v) is 8.29. The lowest BCUT2D eigenvalue weighted by atomic mass is 10.1. The fourth-order valence-electron chi connectivity index (χ4n) is 6.52. The number of ether oxygens (including phenoxy) is 2. The van der Waals surface area contributed by atoms with Gasteiger partial charge in [-0.25, -0.2) is 8.42 Å². The number of aromatic hydroxyl groups is 1. The van der Waals surface area contributed by atoms with Gasteiger partial charge in [-0.15, -0.1) is 10.2 Å². The van der Waals surface area contributed by atoms with Crippen LogP contribution in [0.5, 0.6) is 17.2 Å². The van der Waals surface area contributed by atoms with Crippen LogP contribution < -0.4 is 35.0 Å². The molecule has 0 aliphatic carbocycles. The number of carbonyl (C=O) groups excluding carboxylic acids is 4. The van der Waals surface area contributed by atoms with E-state index in [9.17, 15) is 32.7 Å². The first kappa shape index (κ1) is 41.8. The molecule has 7 rings (SSSR count). The van der Waals surface area contributed by atoms with Crippen molar-refractivity contribution in [2.75, 3.05) is 39.2 Å². The smallest absolute Gasteiger partial charge is 0.278 e. The molecule has 17 nitrogen and oxygen atoms in total. The highest BCUT2D eigenvalue weighted by atomic mass is 32.2. The van der Waals surface area contributed by atoms with Crippen LogP contribution in [0.4, 0.5) is 39.1 Å². The average molecular weight is 863 g/mol. The van der Waals surface area contributed by atoms with Gasteiger partial charge < -0.3 is 35.4 Å². The number of rotatable bonds is 13. The Kier molecular flexibility index (Phi) is 12.0. The Morgan fingerprint density at radius 1 is 0.852 bits per heavy atom. The molecule has 1 aliphatic rings. The number of fused-ring (bicyclic) bond motifs is 2. The third-order valence-electron chi connectivity index (χ3n) is 9.28. The third-order valence-corrected chi connectivity index (χ3v) is 11.4. The third kappa shape index (κ3) is 9.42. The van der Waals surface area contributed by atoms with Gasteiger partial charge in [0, 0.05) is 37.5 Å². The second-order valence-electron chi connectivity index (χ2n) is 13.8. The van der Waals surface area contributed by atoms with Crippen molar-refractivity contribution < 1.29 is 42.2 Å². The number of aryl methyl sites for hydroxylation is 1. The lowest BCUT2D eigenvalue weighted by Crippen LogP contribution is -2.48. The van der Waals surface area contributed by atoms with Gasteiger partial charge in [0.1, 0.15) is 11.5 Å². The molecule has 0 bridgehead atoms. The van der Waals surface area contributed by atoms with Crippen LogP contribution in [-0.4, -0.2) is 61.3 Å². The van der Waals surface area contributed by atoms with Crippen LogP contribution in [0.15, 0.2) is 112 Å². The quantitative estimate of drug-likeness (QED) is 0.0438. The Hall–Kier alpha value is -7.38. The summed E-state index contributed by atoms with van der Waals surface area (Å²) in [5, 5.41) is 27.6. The van der Waals surface area contributed by atoms with E-state index in [0.29, 0.717) is 46.0 Å². The van der Waals surface area contributed by atoms with Crippen molar-refractivity contribution >= 4 is 95.2 Å². The number of amides is 4. The van der Waals surface area contributed by atoms with Gasteiger partial charge in [-0.05, 0) is 96.7 Å². The normalized spacial score (nSPS) is 12.8. The van der Waals surface area contributed by atoms with Crippen molar-refractivity contribution in [3.8, 4) is 17.2 Å². The molecule has 1 aliphatic heterocycles. The Morgan fingerprint density at radius 3 is 2.31 bits per heavy atom. The van der Waals surface area contributed by atoms with Crippen LogP contribution in [-0.2, 0) is 35.6 Å². The first-order chi connectivity index (χ1) is 29.2. The largest absolute Gasteiger partial charge is 0.504 e. The Morgan fingerprint density at radius 2 is 1.59 bits per heavy atom. The summed E-state index contributed by atoms with van der Waals surface area (Å²) in [5.41, 5.74) is 3.58. The van der Waals surface area contributed by atoms with Gasteiger partial charge in [-0.1, -0.05) is 30.3 Å². The highest BCUT2D eigenvalue weighted by molar-refractivity contribution is 7.92. The van der Waals surface area contributed by atoms with E-state index in [-0.39, 0.29) is 39.1 Å². The number of hydrogen-bond donors (Lipinski definition) is 5. The minimum absolute atomic E-state index is 0.0158. The van der Waals surface area contributed by atoms with Gasteiger partial charge in [0.05, 0.1) is 46.0 Å². The molecule has 1 atom stereocenters. The van der Waals surface area contributed by atoms with E-state index in [1.54, 1.807) is 30.3 Å². The molecule has 0 saturated carbocycles. The molecule has 5 aromatic carbocycles. The van der Waals surface area contributed by atoms with E-state index in [1.807, 2.05) is 25.1 Å². The van der Waals surface area contributed by atoms with Gasteiger partial charge in [0.2, 0.25) is 11.8 Å². The van der Waals surface area contributed by atoms with E-state index >= 15 is 0 Å². The van der Waals surface area contributed by atoms with Crippen LogP contribution in [0.2, 0.25) is 0 Å². The number of nitrogens with zero attached hydrogens (tertiary/aromatic N) is 4. The first-order valence-corrected chi connectivity index (χ1v) is 20.8. The van der Waals surface area contributed by atoms with Gasteiger partial charge >= 0.3 is 0 Å². The Balaban J connectivity index is 1.11. The lowest BCUT2D eigenvalue weighted by Gasteiger charge is -2.25. The molecule has 0 saturated heterocycles. The molecule has 19 heteroatoms. The monoisotopic (exact) mass is 862 g/mol. The van der Waals surface area contributed by atoms with E-state index in [1.165, 1.54) is 74.4 Å². The number of hydrogen-bond acceptors (Lipinski definition) is 13. The Labute approximate surface area is 353 Å². The number of aromatic nitrogens is 1. The number of nitrogens with one attached hydrogen (secondary N) is 4. The number of methoxy groups -OCH3 is 1. The molecule has 312 valence electrons. The van der Waals surface area contributed by atoms with Gasteiger partial charge in [-0.3, -0.25) is 23.9 Å². The van der Waals surface area contributed by atoms with Crippen LogP contribution >= 0.6 is 11.5 Å². The maximum atomic E-state index is 14.1. The van der Waals surface area contributed by atoms with Crippen molar-refractivity contribution in [3.63, 3.8) is 0 Å². The molecule has 61 heavy (non-hydrogen) atoms. The maximum Gasteiger partial charge on any atom is 0.278 e. The zero-order chi connectivity index (χ0) is 43.4. The zero-order valence-electron chi connectivity index (χ0n) is 33.0. The molecule has 0 radical (unpaired) electrons. The number of azo groups is 1. The molecule has 1 unspecified atom stereocenters. The minimum Gasteiger partial charge on any atom is -0.504 e. The van der Waals surface area contributed by atoms with Crippen molar-refractivity contribution in [2.45, 2.75) is 38.2 Å². The van der Waals surface area contributed by atoms with Crippen LogP contribution in [0, 0.1) is 6.92 Å². The summed E-state index contributed by atoms with van der Waals surface area (Å²) in [5.74, 6) is -2.36. The average Bonchev–Trinajstić information content (AvgIpc) is 3.84. The lowest BCUT2D eigenvalue weighted by molar-refractivity contribution is -0.134. The second kappa shape index (κ2) is 17.5. The topological polar surface area (TPSA) is 230 Å². The van der Waals surface area contributed by atoms with Crippen molar-refractivity contribution in [2.24, 2.45) is 10.2 Å². The summed E-state index contributed by atoms with van der Waals surface area (Å²) in [6, 6.07) is 25.4. The number of anilines is 5. The number of para-hydroxylation sites is 1. The number of carbonyl (C=O) groups is 4. The Bertz CT molecular complexity index is 2830. The highest BCUT2D eigenvalue weighted by Crippen LogP contribution is 2.39. The molecule has 5 N–H and O–H groups in total.